The summed E-state index contributed by atoms with van der Waals surface area (Å²) in [6.07, 6.45) is 0.484. The molecule has 0 aliphatic rings. The fourth-order valence-corrected chi connectivity index (χ4v) is 2.09. The number of nitrogens with zero attached hydrogens (tertiary/aromatic N) is 4. The van der Waals surface area contributed by atoms with Gasteiger partial charge in [-0.1, -0.05) is 17.3 Å². The molecular formula is C14H19N5O. The molecule has 3 N–H and O–H groups in total. The highest BCUT2D eigenvalue weighted by atomic mass is 16.4. The van der Waals surface area contributed by atoms with Gasteiger partial charge in [-0.25, -0.2) is 9.97 Å². The van der Waals surface area contributed by atoms with E-state index in [-0.39, 0.29) is 5.84 Å². The number of nitrogens with two attached hydrogens (primary N) is 1. The molecule has 0 aliphatic carbocycles. The van der Waals surface area contributed by atoms with Crippen LogP contribution in [0.2, 0.25) is 0 Å². The van der Waals surface area contributed by atoms with Crippen LogP contribution in [0.5, 0.6) is 0 Å². The quantitative estimate of drug-likeness (QED) is 0.376. The zero-order chi connectivity index (χ0) is 14.5. The lowest BCUT2D eigenvalue weighted by Crippen LogP contribution is -2.29. The standard InChI is InChI=1S/C14H19N5O/c1-3-19(9-8-13(15)18-20)14-10(2)16-11-6-4-5-7-12(11)17-14/h4-7,20H,3,8-9H2,1-2H3,(H2,15,18). The Morgan fingerprint density at radius 3 is 2.55 bits per heavy atom. The monoisotopic (exact) mass is 273 g/mol. The Bertz CT molecular complexity index is 626. The number of rotatable bonds is 5. The Balaban J connectivity index is 2.31. The predicted octanol–water partition coefficient (Wildman–Crippen LogP) is 1.90. The fourth-order valence-electron chi connectivity index (χ4n) is 2.09. The number of hydrogen-bond acceptors (Lipinski definition) is 5. The molecule has 6 nitrogen and oxygen atoms in total. The van der Waals surface area contributed by atoms with E-state index in [4.69, 9.17) is 10.9 Å². The van der Waals surface area contributed by atoms with Crippen LogP contribution in [0.3, 0.4) is 0 Å². The molecule has 0 atom stereocenters. The highest BCUT2D eigenvalue weighted by molar-refractivity contribution is 5.80. The van der Waals surface area contributed by atoms with E-state index in [9.17, 15) is 0 Å². The van der Waals surface area contributed by atoms with Crippen LogP contribution in [0.1, 0.15) is 19.0 Å². The highest BCUT2D eigenvalue weighted by Crippen LogP contribution is 2.19. The molecule has 0 radical (unpaired) electrons. The molecule has 0 aliphatic heterocycles. The SMILES string of the molecule is CCN(CCC(N)=NO)c1nc2ccccc2nc1C. The lowest BCUT2D eigenvalue weighted by atomic mass is 10.2. The van der Waals surface area contributed by atoms with Crippen LogP contribution in [0.15, 0.2) is 29.4 Å². The van der Waals surface area contributed by atoms with E-state index < -0.39 is 0 Å². The Morgan fingerprint density at radius 2 is 1.95 bits per heavy atom. The van der Waals surface area contributed by atoms with Crippen molar-refractivity contribution in [3.63, 3.8) is 0 Å². The largest absolute Gasteiger partial charge is 0.409 e. The molecule has 106 valence electrons. The number of fused-ring (bicyclic) bond motifs is 1. The summed E-state index contributed by atoms with van der Waals surface area (Å²) in [6, 6.07) is 7.80. The van der Waals surface area contributed by atoms with Gasteiger partial charge in [0.25, 0.3) is 0 Å². The van der Waals surface area contributed by atoms with Gasteiger partial charge in [0.2, 0.25) is 0 Å². The lowest BCUT2D eigenvalue weighted by molar-refractivity contribution is 0.317. The molecule has 0 unspecified atom stereocenters. The molecule has 6 heteroatoms. The Kier molecular flexibility index (Phi) is 4.34. The first-order chi connectivity index (χ1) is 9.65. The third kappa shape index (κ3) is 2.96. The van der Waals surface area contributed by atoms with Gasteiger partial charge in [-0.2, -0.15) is 0 Å². The highest BCUT2D eigenvalue weighted by Gasteiger charge is 2.12. The second-order valence-corrected chi connectivity index (χ2v) is 4.54. The minimum atomic E-state index is 0.217. The first-order valence-corrected chi connectivity index (χ1v) is 6.60. The summed E-state index contributed by atoms with van der Waals surface area (Å²) < 4.78 is 0. The summed E-state index contributed by atoms with van der Waals surface area (Å²) in [5.74, 6) is 1.06. The molecule has 0 amide bonds. The molecule has 1 heterocycles. The van der Waals surface area contributed by atoms with E-state index in [1.807, 2.05) is 38.1 Å². The molecule has 1 aromatic heterocycles. The van der Waals surface area contributed by atoms with Crippen molar-refractivity contribution in [2.45, 2.75) is 20.3 Å². The summed E-state index contributed by atoms with van der Waals surface area (Å²) >= 11 is 0. The number of aromatic nitrogens is 2. The van der Waals surface area contributed by atoms with E-state index in [0.717, 1.165) is 29.1 Å². The van der Waals surface area contributed by atoms with Gasteiger partial charge in [-0.15, -0.1) is 0 Å². The number of oxime groups is 1. The van der Waals surface area contributed by atoms with E-state index in [2.05, 4.69) is 20.0 Å². The smallest absolute Gasteiger partial charge is 0.150 e. The maximum Gasteiger partial charge on any atom is 0.150 e. The summed E-state index contributed by atoms with van der Waals surface area (Å²) in [5, 5.41) is 11.6. The number of aryl methyl sites for hydroxylation is 1. The number of hydrogen-bond donors (Lipinski definition) is 2. The molecule has 0 saturated heterocycles. The van der Waals surface area contributed by atoms with Gasteiger partial charge in [-0.05, 0) is 26.0 Å². The first-order valence-electron chi connectivity index (χ1n) is 6.60. The van der Waals surface area contributed by atoms with Crippen molar-refractivity contribution >= 4 is 22.7 Å². The lowest BCUT2D eigenvalue weighted by Gasteiger charge is -2.23. The second kappa shape index (κ2) is 6.18. The van der Waals surface area contributed by atoms with Crippen LogP contribution < -0.4 is 10.6 Å². The van der Waals surface area contributed by atoms with E-state index in [1.165, 1.54) is 0 Å². The average Bonchev–Trinajstić information content (AvgIpc) is 2.47. The Labute approximate surface area is 117 Å². The number of para-hydroxylation sites is 2. The number of benzene rings is 1. The molecule has 2 rings (SSSR count). The molecule has 0 bridgehead atoms. The molecule has 0 spiro atoms. The summed E-state index contributed by atoms with van der Waals surface area (Å²) in [7, 11) is 0. The fraction of sp³-hybridized carbons (Fsp3) is 0.357. The minimum Gasteiger partial charge on any atom is -0.409 e. The van der Waals surface area contributed by atoms with Crippen molar-refractivity contribution < 1.29 is 5.21 Å². The maximum absolute atomic E-state index is 8.60. The van der Waals surface area contributed by atoms with Gasteiger partial charge in [0.05, 0.1) is 16.7 Å². The van der Waals surface area contributed by atoms with Crippen molar-refractivity contribution in [2.24, 2.45) is 10.9 Å². The van der Waals surface area contributed by atoms with Crippen molar-refractivity contribution in [1.29, 1.82) is 0 Å². The van der Waals surface area contributed by atoms with Crippen LogP contribution in [0.4, 0.5) is 5.82 Å². The van der Waals surface area contributed by atoms with Crippen LogP contribution in [-0.2, 0) is 0 Å². The predicted molar refractivity (Wildman–Crippen MR) is 80.2 cm³/mol. The van der Waals surface area contributed by atoms with Gasteiger partial charge in [-0.3, -0.25) is 0 Å². The van der Waals surface area contributed by atoms with E-state index in [1.54, 1.807) is 0 Å². The average molecular weight is 273 g/mol. The third-order valence-electron chi connectivity index (χ3n) is 3.17. The second-order valence-electron chi connectivity index (χ2n) is 4.54. The summed E-state index contributed by atoms with van der Waals surface area (Å²) in [5.41, 5.74) is 8.16. The van der Waals surface area contributed by atoms with Crippen molar-refractivity contribution in [3.05, 3.63) is 30.0 Å². The van der Waals surface area contributed by atoms with Gasteiger partial charge in [0.1, 0.15) is 5.84 Å². The molecule has 0 saturated carbocycles. The molecule has 2 aromatic rings. The first kappa shape index (κ1) is 14.0. The third-order valence-corrected chi connectivity index (χ3v) is 3.17. The molecular weight excluding hydrogens is 254 g/mol. The zero-order valence-electron chi connectivity index (χ0n) is 11.7. The van der Waals surface area contributed by atoms with E-state index in [0.29, 0.717) is 13.0 Å². The van der Waals surface area contributed by atoms with Gasteiger partial charge in [0, 0.05) is 19.5 Å². The topological polar surface area (TPSA) is 87.6 Å². The number of amidine groups is 1. The summed E-state index contributed by atoms with van der Waals surface area (Å²) in [6.45, 7) is 5.41. The van der Waals surface area contributed by atoms with Crippen LogP contribution in [0.25, 0.3) is 11.0 Å². The number of anilines is 1. The van der Waals surface area contributed by atoms with Crippen LogP contribution >= 0.6 is 0 Å². The minimum absolute atomic E-state index is 0.217. The van der Waals surface area contributed by atoms with Crippen LogP contribution in [0, 0.1) is 6.92 Å². The van der Waals surface area contributed by atoms with Gasteiger partial charge < -0.3 is 15.8 Å². The normalized spacial score (nSPS) is 11.8. The van der Waals surface area contributed by atoms with Gasteiger partial charge in [0.15, 0.2) is 5.82 Å². The van der Waals surface area contributed by atoms with Crippen molar-refractivity contribution in [1.82, 2.24) is 9.97 Å². The van der Waals surface area contributed by atoms with E-state index >= 15 is 0 Å². The summed E-state index contributed by atoms with van der Waals surface area (Å²) in [4.78, 5) is 11.3. The Morgan fingerprint density at radius 1 is 1.30 bits per heavy atom. The zero-order valence-corrected chi connectivity index (χ0v) is 11.7. The van der Waals surface area contributed by atoms with Gasteiger partial charge >= 0.3 is 0 Å². The Hall–Kier alpha value is -2.37. The van der Waals surface area contributed by atoms with Crippen molar-refractivity contribution in [2.75, 3.05) is 18.0 Å². The van der Waals surface area contributed by atoms with Crippen molar-refractivity contribution in [3.8, 4) is 0 Å². The van der Waals surface area contributed by atoms with Crippen LogP contribution in [-0.4, -0.2) is 34.1 Å². The molecule has 20 heavy (non-hydrogen) atoms. The molecule has 1 aromatic carbocycles. The maximum atomic E-state index is 8.60. The molecule has 0 fully saturated rings.